The molecule has 0 spiro atoms. The van der Waals surface area contributed by atoms with Crippen LogP contribution in [0.2, 0.25) is 0 Å². The Morgan fingerprint density at radius 3 is 2.62 bits per heavy atom. The Balaban J connectivity index is 2.06. The van der Waals surface area contributed by atoms with Gasteiger partial charge in [-0.1, -0.05) is 15.9 Å². The fourth-order valence-corrected chi connectivity index (χ4v) is 3.27. The van der Waals surface area contributed by atoms with E-state index in [9.17, 15) is 9.59 Å². The minimum Gasteiger partial charge on any atom is -0.351 e. The molecule has 1 saturated heterocycles. The van der Waals surface area contributed by atoms with Crippen LogP contribution in [0.25, 0.3) is 6.08 Å². The lowest BCUT2D eigenvalue weighted by molar-refractivity contribution is -0.122. The van der Waals surface area contributed by atoms with Crippen molar-refractivity contribution in [2.75, 3.05) is 4.90 Å². The topological polar surface area (TPSA) is 54.3 Å². The fraction of sp³-hybridized carbons (Fsp3) is 0.118. The molecule has 0 aliphatic carbocycles. The Labute approximate surface area is 153 Å². The maximum atomic E-state index is 12.9. The van der Waals surface area contributed by atoms with Crippen molar-refractivity contribution in [1.29, 1.82) is 0 Å². The molecule has 0 atom stereocenters. The average molecular weight is 404 g/mol. The summed E-state index contributed by atoms with van der Waals surface area (Å²) in [5.41, 5.74) is 2.32. The number of aromatic nitrogens is 1. The average Bonchev–Trinajstić information content (AvgIpc) is 2.90. The van der Waals surface area contributed by atoms with Crippen LogP contribution in [-0.2, 0) is 16.6 Å². The molecule has 0 radical (unpaired) electrons. The standard InChI is InChI=1S/C17H14BrN3O2S/c1-10-8-11(18)5-6-14(10)21-16(23)13(15(22)19-17(21)24)9-12-4-3-7-20(12)2/h3-9H,1-2H3,(H,19,22,24)/b13-9+. The van der Waals surface area contributed by atoms with Gasteiger partial charge in [-0.15, -0.1) is 0 Å². The zero-order valence-electron chi connectivity index (χ0n) is 13.0. The van der Waals surface area contributed by atoms with Crippen molar-refractivity contribution < 1.29 is 9.59 Å². The molecule has 3 rings (SSSR count). The van der Waals surface area contributed by atoms with E-state index in [1.54, 1.807) is 12.1 Å². The molecule has 1 aliphatic rings. The predicted molar refractivity (Wildman–Crippen MR) is 100 cm³/mol. The first kappa shape index (κ1) is 16.6. The molecular weight excluding hydrogens is 390 g/mol. The first-order chi connectivity index (χ1) is 11.4. The third-order valence-corrected chi connectivity index (χ3v) is 4.56. The normalized spacial score (nSPS) is 16.7. The first-order valence-electron chi connectivity index (χ1n) is 7.17. The zero-order valence-corrected chi connectivity index (χ0v) is 15.4. The summed E-state index contributed by atoms with van der Waals surface area (Å²) in [5, 5.41) is 2.67. The molecule has 0 unspecified atom stereocenters. The maximum Gasteiger partial charge on any atom is 0.270 e. The lowest BCUT2D eigenvalue weighted by Gasteiger charge is -2.30. The van der Waals surface area contributed by atoms with E-state index in [1.807, 2.05) is 49.0 Å². The SMILES string of the molecule is Cc1cc(Br)ccc1N1C(=O)/C(=C/c2cccn2C)C(=O)NC1=S. The molecule has 1 aromatic heterocycles. The molecular formula is C17H14BrN3O2S. The molecule has 0 saturated carbocycles. The first-order valence-corrected chi connectivity index (χ1v) is 8.37. The monoisotopic (exact) mass is 403 g/mol. The number of anilines is 1. The van der Waals surface area contributed by atoms with Gasteiger partial charge in [0.15, 0.2) is 5.11 Å². The minimum atomic E-state index is -0.489. The van der Waals surface area contributed by atoms with E-state index in [2.05, 4.69) is 21.2 Å². The van der Waals surface area contributed by atoms with Gasteiger partial charge in [0.05, 0.1) is 5.69 Å². The van der Waals surface area contributed by atoms with Gasteiger partial charge in [-0.05, 0) is 61.1 Å². The number of carbonyl (C=O) groups excluding carboxylic acids is 2. The highest BCUT2D eigenvalue weighted by molar-refractivity contribution is 9.10. The summed E-state index contributed by atoms with van der Waals surface area (Å²) >= 11 is 8.61. The van der Waals surface area contributed by atoms with E-state index in [4.69, 9.17) is 12.2 Å². The van der Waals surface area contributed by atoms with Crippen LogP contribution in [0, 0.1) is 6.92 Å². The predicted octanol–water partition coefficient (Wildman–Crippen LogP) is 2.93. The van der Waals surface area contributed by atoms with Gasteiger partial charge in [-0.25, -0.2) is 0 Å². The van der Waals surface area contributed by atoms with Crippen LogP contribution in [0.4, 0.5) is 5.69 Å². The number of carbonyl (C=O) groups is 2. The molecule has 0 bridgehead atoms. The van der Waals surface area contributed by atoms with Crippen LogP contribution < -0.4 is 10.2 Å². The van der Waals surface area contributed by atoms with Crippen LogP contribution in [0.1, 0.15) is 11.3 Å². The van der Waals surface area contributed by atoms with Crippen LogP contribution in [0.15, 0.2) is 46.6 Å². The summed E-state index contributed by atoms with van der Waals surface area (Å²) in [6.07, 6.45) is 3.42. The second-order valence-corrected chi connectivity index (χ2v) is 6.73. The Bertz CT molecular complexity index is 901. The van der Waals surface area contributed by atoms with Crippen molar-refractivity contribution in [2.24, 2.45) is 7.05 Å². The van der Waals surface area contributed by atoms with E-state index < -0.39 is 11.8 Å². The second-order valence-electron chi connectivity index (χ2n) is 5.43. The summed E-state index contributed by atoms with van der Waals surface area (Å²) in [5.74, 6) is -0.924. The number of nitrogens with one attached hydrogen (secondary N) is 1. The number of hydrogen-bond donors (Lipinski definition) is 1. The number of hydrogen-bond acceptors (Lipinski definition) is 3. The lowest BCUT2D eigenvalue weighted by Crippen LogP contribution is -2.54. The molecule has 7 heteroatoms. The minimum absolute atomic E-state index is 0.0488. The van der Waals surface area contributed by atoms with E-state index in [0.717, 1.165) is 15.7 Å². The summed E-state index contributed by atoms with van der Waals surface area (Å²) in [7, 11) is 1.85. The zero-order chi connectivity index (χ0) is 17.4. The molecule has 2 aromatic rings. The van der Waals surface area contributed by atoms with E-state index in [0.29, 0.717) is 5.69 Å². The number of rotatable bonds is 2. The summed E-state index contributed by atoms with van der Waals surface area (Å²) < 4.78 is 2.73. The molecule has 2 heterocycles. The van der Waals surface area contributed by atoms with Crippen molar-refractivity contribution in [3.8, 4) is 0 Å². The van der Waals surface area contributed by atoms with Gasteiger partial charge in [0, 0.05) is 23.4 Å². The molecule has 122 valence electrons. The van der Waals surface area contributed by atoms with E-state index in [1.165, 1.54) is 4.90 Å². The molecule has 2 amide bonds. The van der Waals surface area contributed by atoms with Crippen molar-refractivity contribution in [2.45, 2.75) is 6.92 Å². The molecule has 5 nitrogen and oxygen atoms in total. The van der Waals surface area contributed by atoms with Crippen LogP contribution in [0.5, 0.6) is 0 Å². The van der Waals surface area contributed by atoms with E-state index >= 15 is 0 Å². The molecule has 1 fully saturated rings. The largest absolute Gasteiger partial charge is 0.351 e. The highest BCUT2D eigenvalue weighted by Crippen LogP contribution is 2.27. The van der Waals surface area contributed by atoms with Crippen LogP contribution in [-0.4, -0.2) is 21.5 Å². The van der Waals surface area contributed by atoms with Gasteiger partial charge >= 0.3 is 0 Å². The molecule has 1 aromatic carbocycles. The number of halogens is 1. The second kappa shape index (κ2) is 6.33. The smallest absolute Gasteiger partial charge is 0.270 e. The number of aryl methyl sites for hydroxylation is 2. The Kier molecular flexibility index (Phi) is 4.38. The van der Waals surface area contributed by atoms with Crippen LogP contribution >= 0.6 is 28.1 Å². The van der Waals surface area contributed by atoms with Gasteiger partial charge in [0.2, 0.25) is 0 Å². The third-order valence-electron chi connectivity index (χ3n) is 3.78. The highest BCUT2D eigenvalue weighted by atomic mass is 79.9. The summed E-state index contributed by atoms with van der Waals surface area (Å²) in [6.45, 7) is 1.88. The number of benzene rings is 1. The summed E-state index contributed by atoms with van der Waals surface area (Å²) in [4.78, 5) is 26.5. The Morgan fingerprint density at radius 2 is 2.00 bits per heavy atom. The van der Waals surface area contributed by atoms with Crippen LogP contribution in [0.3, 0.4) is 0 Å². The number of thiocarbonyl (C=S) groups is 1. The van der Waals surface area contributed by atoms with Gasteiger partial charge in [-0.2, -0.15) is 0 Å². The third kappa shape index (κ3) is 2.92. The van der Waals surface area contributed by atoms with Gasteiger partial charge in [0.25, 0.3) is 11.8 Å². The van der Waals surface area contributed by atoms with Crippen molar-refractivity contribution in [3.63, 3.8) is 0 Å². The van der Waals surface area contributed by atoms with Crippen molar-refractivity contribution in [1.82, 2.24) is 9.88 Å². The quantitative estimate of drug-likeness (QED) is 0.476. The van der Waals surface area contributed by atoms with E-state index in [-0.39, 0.29) is 10.7 Å². The van der Waals surface area contributed by atoms with Gasteiger partial charge in [0.1, 0.15) is 5.57 Å². The Hall–Kier alpha value is -2.25. The number of nitrogens with zero attached hydrogens (tertiary/aromatic N) is 2. The number of amides is 2. The molecule has 1 aliphatic heterocycles. The Morgan fingerprint density at radius 1 is 1.25 bits per heavy atom. The summed E-state index contributed by atoms with van der Waals surface area (Å²) in [6, 6.07) is 9.19. The maximum absolute atomic E-state index is 12.9. The molecule has 1 N–H and O–H groups in total. The van der Waals surface area contributed by atoms with Gasteiger partial charge in [-0.3, -0.25) is 19.8 Å². The highest BCUT2D eigenvalue weighted by Gasteiger charge is 2.35. The molecule has 24 heavy (non-hydrogen) atoms. The van der Waals surface area contributed by atoms with Crippen molar-refractivity contribution >= 4 is 56.8 Å². The van der Waals surface area contributed by atoms with Gasteiger partial charge < -0.3 is 4.57 Å². The van der Waals surface area contributed by atoms with Crippen molar-refractivity contribution in [3.05, 3.63) is 57.8 Å². The lowest BCUT2D eigenvalue weighted by atomic mass is 10.1. The fourth-order valence-electron chi connectivity index (χ4n) is 2.52.